The number of fused-ring (bicyclic) bond motifs is 3. The third-order valence-corrected chi connectivity index (χ3v) is 7.49. The second-order valence-corrected chi connectivity index (χ2v) is 10.8. The zero-order valence-electron chi connectivity index (χ0n) is 19.8. The fraction of sp³-hybridized carbons (Fsp3) is 0.231. The van der Waals surface area contributed by atoms with E-state index in [9.17, 15) is 18.0 Å². The van der Waals surface area contributed by atoms with E-state index in [1.807, 2.05) is 24.3 Å². The van der Waals surface area contributed by atoms with E-state index in [2.05, 4.69) is 19.9 Å². The van der Waals surface area contributed by atoms with Crippen LogP contribution in [0.4, 0.5) is 18.0 Å². The summed E-state index contributed by atoms with van der Waals surface area (Å²) in [5, 5.41) is 3.76. The van der Waals surface area contributed by atoms with Gasteiger partial charge in [0.15, 0.2) is 4.47 Å². The number of benzene rings is 2. The normalized spacial score (nSPS) is 14.2. The largest absolute Gasteiger partial charge is 0.573 e. The van der Waals surface area contributed by atoms with Crippen LogP contribution >= 0.6 is 34.5 Å². The van der Waals surface area contributed by atoms with Crippen LogP contribution in [0.25, 0.3) is 17.0 Å². The van der Waals surface area contributed by atoms with Crippen molar-refractivity contribution in [2.45, 2.75) is 25.9 Å². The van der Waals surface area contributed by atoms with Gasteiger partial charge in [-0.15, -0.1) is 24.5 Å². The average molecular weight is 581 g/mol. The molecule has 2 aromatic heterocycles. The number of alkyl halides is 3. The molecular weight excluding hydrogens is 560 g/mol. The number of rotatable bonds is 6. The smallest absolute Gasteiger partial charge is 0.405 e. The molecule has 6 nitrogen and oxygen atoms in total. The Morgan fingerprint density at radius 2 is 1.97 bits per heavy atom. The van der Waals surface area contributed by atoms with Crippen LogP contribution in [-0.2, 0) is 19.5 Å². The van der Waals surface area contributed by atoms with E-state index in [4.69, 9.17) is 23.2 Å². The molecule has 198 valence electrons. The van der Waals surface area contributed by atoms with Crippen LogP contribution in [0.2, 0.25) is 9.49 Å². The van der Waals surface area contributed by atoms with Gasteiger partial charge in [-0.2, -0.15) is 0 Å². The molecule has 0 fully saturated rings. The minimum absolute atomic E-state index is 0.192. The molecule has 0 radical (unpaired) electrons. The van der Waals surface area contributed by atoms with Crippen molar-refractivity contribution in [2.24, 2.45) is 0 Å². The van der Waals surface area contributed by atoms with E-state index in [1.165, 1.54) is 28.0 Å². The van der Waals surface area contributed by atoms with Gasteiger partial charge in [-0.05, 0) is 35.4 Å². The van der Waals surface area contributed by atoms with Crippen LogP contribution in [-0.4, -0.2) is 39.9 Å². The van der Waals surface area contributed by atoms with Crippen LogP contribution in [0, 0.1) is 0 Å². The van der Waals surface area contributed by atoms with Crippen molar-refractivity contribution in [3.63, 3.8) is 0 Å². The van der Waals surface area contributed by atoms with Gasteiger partial charge < -0.3 is 10.1 Å². The average Bonchev–Trinajstić information content (AvgIpc) is 3.44. The second kappa shape index (κ2) is 11.0. The van der Waals surface area contributed by atoms with Gasteiger partial charge in [-0.1, -0.05) is 53.6 Å². The summed E-state index contributed by atoms with van der Waals surface area (Å²) in [5.74, 6) is -0.328. The van der Waals surface area contributed by atoms with E-state index in [1.54, 1.807) is 24.4 Å². The highest BCUT2D eigenvalue weighted by atomic mass is 35.5. The van der Waals surface area contributed by atoms with Crippen LogP contribution < -0.4 is 10.1 Å². The molecule has 12 heteroatoms. The monoisotopic (exact) mass is 580 g/mol. The number of hydrogen-bond donors (Lipinski definition) is 1. The number of carbonyl (C=O) groups excluding carboxylic acids is 1. The third kappa shape index (κ3) is 5.99. The van der Waals surface area contributed by atoms with Gasteiger partial charge >= 0.3 is 12.4 Å². The molecule has 0 saturated heterocycles. The number of carbonyl (C=O) groups is 1. The van der Waals surface area contributed by atoms with Crippen molar-refractivity contribution >= 4 is 57.5 Å². The first kappa shape index (κ1) is 26.6. The second-order valence-electron chi connectivity index (χ2n) is 8.64. The SMILES string of the molecule is O=C(NCc1cnc(Cl)s1)n1c2c(c3c(OC(F)(F)F)cccc31)CN(CC=Cc1ccc(Cl)cc1)CC2. The Morgan fingerprint density at radius 1 is 1.18 bits per heavy atom. The molecule has 0 saturated carbocycles. The molecule has 2 aromatic carbocycles. The minimum Gasteiger partial charge on any atom is -0.405 e. The summed E-state index contributed by atoms with van der Waals surface area (Å²) in [6.45, 7) is 1.76. The highest BCUT2D eigenvalue weighted by Crippen LogP contribution is 2.39. The Labute approximate surface area is 230 Å². The van der Waals surface area contributed by atoms with E-state index in [0.29, 0.717) is 52.3 Å². The van der Waals surface area contributed by atoms with Crippen molar-refractivity contribution in [1.82, 2.24) is 19.8 Å². The molecule has 4 aromatic rings. The van der Waals surface area contributed by atoms with Gasteiger partial charge in [-0.25, -0.2) is 9.78 Å². The van der Waals surface area contributed by atoms with Gasteiger partial charge in [0, 0.05) is 53.2 Å². The highest BCUT2D eigenvalue weighted by Gasteiger charge is 2.34. The lowest BCUT2D eigenvalue weighted by molar-refractivity contribution is -0.274. The molecule has 0 atom stereocenters. The van der Waals surface area contributed by atoms with Crippen LogP contribution in [0.3, 0.4) is 0 Å². The molecule has 1 amide bonds. The number of halogens is 5. The van der Waals surface area contributed by atoms with Crippen LogP contribution in [0.5, 0.6) is 5.75 Å². The predicted octanol–water partition coefficient (Wildman–Crippen LogP) is 7.13. The summed E-state index contributed by atoms with van der Waals surface area (Å²) in [4.78, 5) is 20.1. The first-order chi connectivity index (χ1) is 18.2. The summed E-state index contributed by atoms with van der Waals surface area (Å²) in [7, 11) is 0. The molecule has 3 heterocycles. The molecule has 0 bridgehead atoms. The molecule has 1 aliphatic heterocycles. The standard InChI is InChI=1S/C26H21Cl2F3N4O2S/c27-17-8-6-16(7-9-17)3-2-11-34-12-10-20-19(15-34)23-21(4-1-5-22(23)37-26(29,30)31)35(20)25(36)33-14-18-13-32-24(28)38-18/h1-9,13H,10-12,14-15H2,(H,33,36). The lowest BCUT2D eigenvalue weighted by Crippen LogP contribution is -2.34. The zero-order chi connectivity index (χ0) is 26.9. The molecule has 0 spiro atoms. The van der Waals surface area contributed by atoms with Crippen molar-refractivity contribution in [3.8, 4) is 5.75 Å². The van der Waals surface area contributed by atoms with E-state index in [-0.39, 0.29) is 17.7 Å². The highest BCUT2D eigenvalue weighted by molar-refractivity contribution is 7.15. The van der Waals surface area contributed by atoms with Crippen LogP contribution in [0.1, 0.15) is 21.7 Å². The first-order valence-electron chi connectivity index (χ1n) is 11.6. The van der Waals surface area contributed by atoms with E-state index >= 15 is 0 Å². The quantitative estimate of drug-likeness (QED) is 0.263. The summed E-state index contributed by atoms with van der Waals surface area (Å²) in [5.41, 5.74) is 2.65. The number of hydrogen-bond acceptors (Lipinski definition) is 5. The fourth-order valence-electron chi connectivity index (χ4n) is 4.55. The molecule has 0 unspecified atom stereocenters. The Balaban J connectivity index is 1.45. The third-order valence-electron chi connectivity index (χ3n) is 6.12. The van der Waals surface area contributed by atoms with Crippen molar-refractivity contribution in [1.29, 1.82) is 0 Å². The summed E-state index contributed by atoms with van der Waals surface area (Å²) in [6.07, 6.45) is 1.14. The Bertz CT molecular complexity index is 1500. The number of nitrogens with one attached hydrogen (secondary N) is 1. The number of nitrogens with zero attached hydrogens (tertiary/aromatic N) is 3. The maximum atomic E-state index is 13.3. The van der Waals surface area contributed by atoms with Gasteiger partial charge in [-0.3, -0.25) is 9.47 Å². The first-order valence-corrected chi connectivity index (χ1v) is 13.2. The van der Waals surface area contributed by atoms with Gasteiger partial charge in [0.1, 0.15) is 5.75 Å². The molecular formula is C26H21Cl2F3N4O2S. The molecule has 1 N–H and O–H groups in total. The Hall–Kier alpha value is -3.05. The van der Waals surface area contributed by atoms with E-state index in [0.717, 1.165) is 10.4 Å². The molecule has 5 rings (SSSR count). The Kier molecular flexibility index (Phi) is 7.67. The number of aromatic nitrogens is 2. The predicted molar refractivity (Wildman–Crippen MR) is 143 cm³/mol. The van der Waals surface area contributed by atoms with Gasteiger partial charge in [0.05, 0.1) is 12.1 Å². The molecule has 38 heavy (non-hydrogen) atoms. The number of thiazole rings is 1. The van der Waals surface area contributed by atoms with Crippen molar-refractivity contribution in [2.75, 3.05) is 13.1 Å². The lowest BCUT2D eigenvalue weighted by Gasteiger charge is -2.27. The van der Waals surface area contributed by atoms with Gasteiger partial charge in [0.25, 0.3) is 0 Å². The summed E-state index contributed by atoms with van der Waals surface area (Å²) >= 11 is 13.1. The molecule has 1 aliphatic rings. The zero-order valence-corrected chi connectivity index (χ0v) is 22.1. The van der Waals surface area contributed by atoms with Gasteiger partial charge in [0.2, 0.25) is 0 Å². The summed E-state index contributed by atoms with van der Waals surface area (Å²) < 4.78 is 46.0. The van der Waals surface area contributed by atoms with E-state index < -0.39 is 12.4 Å². The maximum absolute atomic E-state index is 13.3. The van der Waals surface area contributed by atoms with Crippen molar-refractivity contribution < 1.29 is 22.7 Å². The topological polar surface area (TPSA) is 59.4 Å². The maximum Gasteiger partial charge on any atom is 0.573 e. The fourth-order valence-corrected chi connectivity index (χ4v) is 5.59. The Morgan fingerprint density at radius 3 is 2.68 bits per heavy atom. The lowest BCUT2D eigenvalue weighted by atomic mass is 10.0. The molecule has 0 aliphatic carbocycles. The number of ether oxygens (including phenoxy) is 1. The minimum atomic E-state index is -4.87. The van der Waals surface area contributed by atoms with Crippen molar-refractivity contribution in [3.05, 3.63) is 85.9 Å². The van der Waals surface area contributed by atoms with Crippen LogP contribution in [0.15, 0.2) is 54.7 Å². The number of amides is 1. The summed E-state index contributed by atoms with van der Waals surface area (Å²) in [6, 6.07) is 11.3.